The molecule has 8 heteroatoms. The van der Waals surface area contributed by atoms with Gasteiger partial charge in [0.25, 0.3) is 0 Å². The van der Waals surface area contributed by atoms with Gasteiger partial charge in [0, 0.05) is 18.9 Å². The number of aromatic nitrogens is 3. The smallest absolute Gasteiger partial charge is 0.379 e. The van der Waals surface area contributed by atoms with Crippen LogP contribution in [0.5, 0.6) is 0 Å². The average Bonchev–Trinajstić information content (AvgIpc) is 2.72. The Morgan fingerprint density at radius 3 is 2.63 bits per heavy atom. The van der Waals surface area contributed by atoms with Gasteiger partial charge in [-0.05, 0) is 18.2 Å². The predicted octanol–water partition coefficient (Wildman–Crippen LogP) is 2.59. The lowest BCUT2D eigenvalue weighted by molar-refractivity contribution is -0.139. The number of hydrogen-bond acceptors (Lipinski definition) is 3. The number of benzene rings is 1. The van der Waals surface area contributed by atoms with Crippen LogP contribution in [0.3, 0.4) is 0 Å². The van der Waals surface area contributed by atoms with Gasteiger partial charge in [-0.3, -0.25) is 4.68 Å². The first-order valence-corrected chi connectivity index (χ1v) is 5.32. The molecular formula is C11H10F4N4. The Morgan fingerprint density at radius 2 is 2.05 bits per heavy atom. The molecule has 19 heavy (non-hydrogen) atoms. The van der Waals surface area contributed by atoms with Gasteiger partial charge in [-0.1, -0.05) is 5.21 Å². The summed E-state index contributed by atoms with van der Waals surface area (Å²) in [6, 6.07) is 2.74. The van der Waals surface area contributed by atoms with E-state index >= 15 is 0 Å². The number of hydrogen-bond donors (Lipinski definition) is 1. The van der Waals surface area contributed by atoms with Crippen LogP contribution in [0.1, 0.15) is 11.3 Å². The molecule has 0 radical (unpaired) electrons. The number of halogens is 4. The molecule has 1 N–H and O–H groups in total. The van der Waals surface area contributed by atoms with E-state index in [9.17, 15) is 17.6 Å². The first-order valence-electron chi connectivity index (χ1n) is 5.32. The number of aryl methyl sites for hydroxylation is 1. The molecule has 2 aromatic rings. The van der Waals surface area contributed by atoms with Crippen LogP contribution in [0.25, 0.3) is 0 Å². The van der Waals surface area contributed by atoms with E-state index in [1.54, 1.807) is 13.2 Å². The number of alkyl halides is 3. The molecule has 1 heterocycles. The number of nitrogens with one attached hydrogen (secondary N) is 1. The topological polar surface area (TPSA) is 42.7 Å². The second-order valence-corrected chi connectivity index (χ2v) is 3.93. The largest absolute Gasteiger partial charge is 0.419 e. The van der Waals surface area contributed by atoms with Crippen LogP contribution in [0.4, 0.5) is 23.2 Å². The van der Waals surface area contributed by atoms with E-state index in [0.29, 0.717) is 5.69 Å². The van der Waals surface area contributed by atoms with E-state index in [1.165, 1.54) is 10.7 Å². The molecule has 1 aromatic carbocycles. The monoisotopic (exact) mass is 274 g/mol. The highest BCUT2D eigenvalue weighted by molar-refractivity contribution is 5.47. The van der Waals surface area contributed by atoms with E-state index in [1.807, 2.05) is 0 Å². The van der Waals surface area contributed by atoms with Crippen molar-refractivity contribution in [1.82, 2.24) is 15.0 Å². The van der Waals surface area contributed by atoms with Crippen LogP contribution < -0.4 is 5.32 Å². The van der Waals surface area contributed by atoms with Crippen molar-refractivity contribution in [3.63, 3.8) is 0 Å². The zero-order valence-corrected chi connectivity index (χ0v) is 9.87. The maximum Gasteiger partial charge on any atom is 0.419 e. The van der Waals surface area contributed by atoms with Crippen molar-refractivity contribution in [3.8, 4) is 0 Å². The van der Waals surface area contributed by atoms with Crippen molar-refractivity contribution < 1.29 is 17.6 Å². The van der Waals surface area contributed by atoms with Gasteiger partial charge < -0.3 is 5.32 Å². The summed E-state index contributed by atoms with van der Waals surface area (Å²) in [4.78, 5) is 0. The Morgan fingerprint density at radius 1 is 1.32 bits per heavy atom. The van der Waals surface area contributed by atoms with Gasteiger partial charge in [-0.25, -0.2) is 4.39 Å². The van der Waals surface area contributed by atoms with Gasteiger partial charge in [-0.15, -0.1) is 5.10 Å². The predicted molar refractivity (Wildman–Crippen MR) is 59.7 cm³/mol. The van der Waals surface area contributed by atoms with Crippen LogP contribution in [0.2, 0.25) is 0 Å². The molecule has 0 aliphatic rings. The van der Waals surface area contributed by atoms with Gasteiger partial charge in [0.1, 0.15) is 11.5 Å². The quantitative estimate of drug-likeness (QED) is 0.875. The lowest BCUT2D eigenvalue weighted by Crippen LogP contribution is -2.09. The molecule has 0 aliphatic heterocycles. The minimum atomic E-state index is -4.71. The van der Waals surface area contributed by atoms with Crippen LogP contribution in [0, 0.1) is 5.82 Å². The van der Waals surface area contributed by atoms with E-state index in [4.69, 9.17) is 0 Å². The van der Waals surface area contributed by atoms with E-state index in [2.05, 4.69) is 15.6 Å². The third-order valence-corrected chi connectivity index (χ3v) is 2.40. The highest BCUT2D eigenvalue weighted by Gasteiger charge is 2.34. The van der Waals surface area contributed by atoms with Gasteiger partial charge in [0.2, 0.25) is 0 Å². The molecule has 0 aliphatic carbocycles. The fraction of sp³-hybridized carbons (Fsp3) is 0.273. The van der Waals surface area contributed by atoms with Crippen molar-refractivity contribution in [3.05, 3.63) is 41.5 Å². The van der Waals surface area contributed by atoms with Gasteiger partial charge in [0.15, 0.2) is 0 Å². The molecule has 2 rings (SSSR count). The third kappa shape index (κ3) is 3.21. The van der Waals surface area contributed by atoms with Crippen molar-refractivity contribution >= 4 is 5.69 Å². The summed E-state index contributed by atoms with van der Waals surface area (Å²) >= 11 is 0. The van der Waals surface area contributed by atoms with Crippen molar-refractivity contribution in [2.24, 2.45) is 7.05 Å². The molecule has 0 amide bonds. The lowest BCUT2D eigenvalue weighted by Gasteiger charge is -2.10. The molecular weight excluding hydrogens is 264 g/mol. The summed E-state index contributed by atoms with van der Waals surface area (Å²) in [6.07, 6.45) is -3.09. The number of nitrogens with zero attached hydrogens (tertiary/aromatic N) is 3. The lowest BCUT2D eigenvalue weighted by atomic mass is 10.2. The summed E-state index contributed by atoms with van der Waals surface area (Å²) in [6.45, 7) is 0.205. The fourth-order valence-electron chi connectivity index (χ4n) is 1.52. The van der Waals surface area contributed by atoms with Gasteiger partial charge in [-0.2, -0.15) is 13.2 Å². The minimum absolute atomic E-state index is 0.166. The van der Waals surface area contributed by atoms with Crippen LogP contribution in [0.15, 0.2) is 24.4 Å². The van der Waals surface area contributed by atoms with Crippen LogP contribution in [-0.4, -0.2) is 15.0 Å². The highest BCUT2D eigenvalue weighted by atomic mass is 19.4. The zero-order chi connectivity index (χ0) is 14.0. The highest BCUT2D eigenvalue weighted by Crippen LogP contribution is 2.33. The number of rotatable bonds is 3. The van der Waals surface area contributed by atoms with Crippen LogP contribution in [-0.2, 0) is 19.8 Å². The SMILES string of the molecule is Cn1cc(CNc2ccc(F)c(C(F)(F)F)c2)nn1. The van der Waals surface area contributed by atoms with Crippen molar-refractivity contribution in [2.75, 3.05) is 5.32 Å². The van der Waals surface area contributed by atoms with Gasteiger partial charge in [0.05, 0.1) is 12.1 Å². The molecule has 0 fully saturated rings. The second-order valence-electron chi connectivity index (χ2n) is 3.93. The Hall–Kier alpha value is -2.12. The molecule has 102 valence electrons. The van der Waals surface area contributed by atoms with E-state index in [0.717, 1.165) is 12.1 Å². The first-order chi connectivity index (χ1) is 8.86. The molecule has 0 atom stereocenters. The minimum Gasteiger partial charge on any atom is -0.379 e. The van der Waals surface area contributed by atoms with Crippen molar-refractivity contribution in [1.29, 1.82) is 0 Å². The van der Waals surface area contributed by atoms with E-state index in [-0.39, 0.29) is 12.2 Å². The Balaban J connectivity index is 2.13. The van der Waals surface area contributed by atoms with Gasteiger partial charge >= 0.3 is 6.18 Å². The van der Waals surface area contributed by atoms with Crippen molar-refractivity contribution in [2.45, 2.75) is 12.7 Å². The normalized spacial score (nSPS) is 11.6. The number of anilines is 1. The standard InChI is InChI=1S/C11H10F4N4/c1-19-6-8(17-18-19)5-16-7-2-3-10(12)9(4-7)11(13,14)15/h2-4,6,16H,5H2,1H3. The maximum atomic E-state index is 13.1. The average molecular weight is 274 g/mol. The molecule has 0 saturated carbocycles. The molecule has 0 bridgehead atoms. The molecule has 4 nitrogen and oxygen atoms in total. The molecule has 0 unspecified atom stereocenters. The summed E-state index contributed by atoms with van der Waals surface area (Å²) in [5.74, 6) is -1.29. The Kier molecular flexibility index (Phi) is 3.41. The molecule has 1 aromatic heterocycles. The molecule has 0 saturated heterocycles. The van der Waals surface area contributed by atoms with Crippen LogP contribution >= 0.6 is 0 Å². The third-order valence-electron chi connectivity index (χ3n) is 2.40. The summed E-state index contributed by atoms with van der Waals surface area (Å²) in [5, 5.41) is 10.2. The summed E-state index contributed by atoms with van der Waals surface area (Å²) < 4.78 is 52.0. The zero-order valence-electron chi connectivity index (χ0n) is 9.87. The fourth-order valence-corrected chi connectivity index (χ4v) is 1.52. The molecule has 0 spiro atoms. The van der Waals surface area contributed by atoms with E-state index < -0.39 is 17.6 Å². The summed E-state index contributed by atoms with van der Waals surface area (Å²) in [7, 11) is 1.68. The second kappa shape index (κ2) is 4.87. The summed E-state index contributed by atoms with van der Waals surface area (Å²) in [5.41, 5.74) is -0.559. The maximum absolute atomic E-state index is 13.1. The Labute approximate surface area is 106 Å². The Bertz CT molecular complexity index is 576. The first kappa shape index (κ1) is 13.3.